The van der Waals surface area contributed by atoms with Gasteiger partial charge in [0, 0.05) is 19.6 Å². The van der Waals surface area contributed by atoms with Gasteiger partial charge in [-0.1, -0.05) is 11.6 Å². The van der Waals surface area contributed by atoms with Crippen LogP contribution in [0.2, 0.25) is 5.15 Å². The third kappa shape index (κ3) is 2.92. The van der Waals surface area contributed by atoms with E-state index in [4.69, 9.17) is 16.9 Å². The van der Waals surface area contributed by atoms with E-state index in [1.807, 2.05) is 7.05 Å². The molecule has 1 unspecified atom stereocenters. The number of hydrogen-bond acceptors (Lipinski definition) is 4. The normalized spacial score (nSPS) is 20.4. The van der Waals surface area contributed by atoms with Crippen LogP contribution >= 0.6 is 11.6 Å². The molecule has 2 rings (SSSR count). The van der Waals surface area contributed by atoms with E-state index in [1.54, 1.807) is 12.1 Å². The molecule has 1 aromatic heterocycles. The Labute approximate surface area is 113 Å². The largest absolute Gasteiger partial charge is 0.355 e. The second-order valence-electron chi connectivity index (χ2n) is 4.82. The number of hydrogen-bond donors (Lipinski definition) is 0. The van der Waals surface area contributed by atoms with Crippen molar-refractivity contribution in [2.24, 2.45) is 0 Å². The monoisotopic (exact) mass is 264 g/mol. The molecule has 1 fully saturated rings. The summed E-state index contributed by atoms with van der Waals surface area (Å²) in [4.78, 5) is 8.75. The van der Waals surface area contributed by atoms with Crippen molar-refractivity contribution in [3.63, 3.8) is 0 Å². The average Bonchev–Trinajstić information content (AvgIpc) is 2.37. The molecule has 0 aliphatic carbocycles. The number of nitriles is 1. The highest BCUT2D eigenvalue weighted by atomic mass is 35.5. The standard InChI is InChI=1S/C13H17ClN4/c1-17-5-3-4-11(9-17)18(2)13-7-10(8-15)6-12(14)16-13/h6-7,11H,3-5,9H2,1-2H3. The van der Waals surface area contributed by atoms with Crippen molar-refractivity contribution in [2.75, 3.05) is 32.1 Å². The summed E-state index contributed by atoms with van der Waals surface area (Å²) in [7, 11) is 4.15. The molecule has 18 heavy (non-hydrogen) atoms. The molecule has 0 radical (unpaired) electrons. The molecule has 1 aliphatic rings. The first kappa shape index (κ1) is 13.1. The van der Waals surface area contributed by atoms with Gasteiger partial charge in [0.05, 0.1) is 11.6 Å². The molecule has 5 heteroatoms. The second-order valence-corrected chi connectivity index (χ2v) is 5.20. The number of aromatic nitrogens is 1. The van der Waals surface area contributed by atoms with Gasteiger partial charge in [-0.15, -0.1) is 0 Å². The quantitative estimate of drug-likeness (QED) is 0.768. The number of halogens is 1. The molecule has 0 aromatic carbocycles. The van der Waals surface area contributed by atoms with Gasteiger partial charge in [0.1, 0.15) is 11.0 Å². The van der Waals surface area contributed by atoms with Gasteiger partial charge in [-0.2, -0.15) is 5.26 Å². The lowest BCUT2D eigenvalue weighted by atomic mass is 10.1. The zero-order valence-corrected chi connectivity index (χ0v) is 11.5. The highest BCUT2D eigenvalue weighted by Crippen LogP contribution is 2.22. The fourth-order valence-electron chi connectivity index (χ4n) is 2.37. The van der Waals surface area contributed by atoms with E-state index in [0.29, 0.717) is 16.8 Å². The Morgan fingerprint density at radius 1 is 1.56 bits per heavy atom. The topological polar surface area (TPSA) is 43.2 Å². The number of likely N-dealkylation sites (N-methyl/N-ethyl adjacent to an activating group) is 2. The van der Waals surface area contributed by atoms with Gasteiger partial charge in [0.15, 0.2) is 0 Å². The summed E-state index contributed by atoms with van der Waals surface area (Å²) in [6.07, 6.45) is 2.34. The van der Waals surface area contributed by atoms with Crippen molar-refractivity contribution in [3.05, 3.63) is 22.8 Å². The Hall–Kier alpha value is -1.31. The van der Waals surface area contributed by atoms with Gasteiger partial charge in [-0.25, -0.2) is 4.98 Å². The molecule has 96 valence electrons. The van der Waals surface area contributed by atoms with E-state index in [2.05, 4.69) is 27.9 Å². The zero-order valence-electron chi connectivity index (χ0n) is 10.7. The van der Waals surface area contributed by atoms with Gasteiger partial charge in [-0.3, -0.25) is 0 Å². The number of likely N-dealkylation sites (tertiary alicyclic amines) is 1. The van der Waals surface area contributed by atoms with Crippen molar-refractivity contribution in [1.82, 2.24) is 9.88 Å². The van der Waals surface area contributed by atoms with E-state index in [-0.39, 0.29) is 0 Å². The zero-order chi connectivity index (χ0) is 13.1. The van der Waals surface area contributed by atoms with E-state index < -0.39 is 0 Å². The van der Waals surface area contributed by atoms with Gasteiger partial charge in [-0.05, 0) is 38.6 Å². The lowest BCUT2D eigenvalue weighted by Crippen LogP contribution is -2.45. The molecule has 2 heterocycles. The fourth-order valence-corrected chi connectivity index (χ4v) is 2.57. The van der Waals surface area contributed by atoms with Gasteiger partial charge in [0.2, 0.25) is 0 Å². The summed E-state index contributed by atoms with van der Waals surface area (Å²) >= 11 is 5.94. The van der Waals surface area contributed by atoms with Crippen LogP contribution < -0.4 is 4.90 Å². The minimum absolute atomic E-state index is 0.375. The van der Waals surface area contributed by atoms with Crippen LogP contribution in [-0.2, 0) is 0 Å². The van der Waals surface area contributed by atoms with Crippen molar-refractivity contribution in [3.8, 4) is 6.07 Å². The molecule has 0 spiro atoms. The maximum Gasteiger partial charge on any atom is 0.132 e. The molecular weight excluding hydrogens is 248 g/mol. The molecular formula is C13H17ClN4. The van der Waals surface area contributed by atoms with Gasteiger partial charge < -0.3 is 9.80 Å². The molecule has 0 saturated carbocycles. The summed E-state index contributed by atoms with van der Waals surface area (Å²) < 4.78 is 0. The molecule has 0 bridgehead atoms. The van der Waals surface area contributed by atoms with Gasteiger partial charge in [0.25, 0.3) is 0 Å². The predicted octanol–water partition coefficient (Wildman–Crippen LogP) is 2.14. The lowest BCUT2D eigenvalue weighted by molar-refractivity contribution is 0.247. The second kappa shape index (κ2) is 5.55. The van der Waals surface area contributed by atoms with Crippen molar-refractivity contribution in [2.45, 2.75) is 18.9 Å². The first-order valence-corrected chi connectivity index (χ1v) is 6.47. The third-order valence-electron chi connectivity index (χ3n) is 3.42. The van der Waals surface area contributed by atoms with Crippen LogP contribution in [0.1, 0.15) is 18.4 Å². The van der Waals surface area contributed by atoms with Gasteiger partial charge >= 0.3 is 0 Å². The van der Waals surface area contributed by atoms with Crippen LogP contribution in [0, 0.1) is 11.3 Å². The van der Waals surface area contributed by atoms with Crippen molar-refractivity contribution < 1.29 is 0 Å². The smallest absolute Gasteiger partial charge is 0.132 e. The highest BCUT2D eigenvalue weighted by molar-refractivity contribution is 6.29. The van der Waals surface area contributed by atoms with Crippen molar-refractivity contribution >= 4 is 17.4 Å². The number of nitrogens with zero attached hydrogens (tertiary/aromatic N) is 4. The SMILES string of the molecule is CN1CCCC(N(C)c2cc(C#N)cc(Cl)n2)C1. The van der Waals surface area contributed by atoms with E-state index >= 15 is 0 Å². The highest BCUT2D eigenvalue weighted by Gasteiger charge is 2.22. The fraction of sp³-hybridized carbons (Fsp3) is 0.538. The number of anilines is 1. The van der Waals surface area contributed by atoms with Crippen LogP contribution in [0.3, 0.4) is 0 Å². The summed E-state index contributed by atoms with van der Waals surface area (Å²) in [6.45, 7) is 2.17. The molecule has 0 N–H and O–H groups in total. The first-order valence-electron chi connectivity index (χ1n) is 6.09. The maximum atomic E-state index is 8.96. The molecule has 4 nitrogen and oxygen atoms in total. The summed E-state index contributed by atoms with van der Waals surface area (Å²) in [5.41, 5.74) is 0.556. The third-order valence-corrected chi connectivity index (χ3v) is 3.61. The minimum atomic E-state index is 0.375. The summed E-state index contributed by atoms with van der Waals surface area (Å²) in [5, 5.41) is 9.33. The first-order chi connectivity index (χ1) is 8.60. The molecule has 1 atom stereocenters. The summed E-state index contributed by atoms with van der Waals surface area (Å²) in [5.74, 6) is 0.777. The molecule has 1 aromatic rings. The van der Waals surface area contributed by atoms with E-state index in [9.17, 15) is 0 Å². The molecule has 0 amide bonds. The summed E-state index contributed by atoms with van der Waals surface area (Å²) in [6, 6.07) is 5.93. The van der Waals surface area contributed by atoms with E-state index in [1.165, 1.54) is 6.42 Å². The average molecular weight is 265 g/mol. The molecule has 1 saturated heterocycles. The number of piperidine rings is 1. The maximum absolute atomic E-state index is 8.96. The van der Waals surface area contributed by atoms with E-state index in [0.717, 1.165) is 25.3 Å². The number of rotatable bonds is 2. The number of pyridine rings is 1. The van der Waals surface area contributed by atoms with Crippen LogP contribution in [0.5, 0.6) is 0 Å². The Morgan fingerprint density at radius 3 is 3.00 bits per heavy atom. The van der Waals surface area contributed by atoms with Crippen LogP contribution in [-0.4, -0.2) is 43.1 Å². The Kier molecular flexibility index (Phi) is 4.05. The molecule has 1 aliphatic heterocycles. The van der Waals surface area contributed by atoms with Crippen molar-refractivity contribution in [1.29, 1.82) is 5.26 Å². The van der Waals surface area contributed by atoms with Crippen LogP contribution in [0.25, 0.3) is 0 Å². The van der Waals surface area contributed by atoms with Crippen LogP contribution in [0.15, 0.2) is 12.1 Å². The Balaban J connectivity index is 2.20. The predicted molar refractivity (Wildman–Crippen MR) is 72.9 cm³/mol. The minimum Gasteiger partial charge on any atom is -0.355 e. The lowest BCUT2D eigenvalue weighted by Gasteiger charge is -2.36. The Bertz CT molecular complexity index is 469. The Morgan fingerprint density at radius 2 is 2.33 bits per heavy atom. The van der Waals surface area contributed by atoms with Crippen LogP contribution in [0.4, 0.5) is 5.82 Å².